The minimum atomic E-state index is 0.666. The van der Waals surface area contributed by atoms with Gasteiger partial charge in [-0.1, -0.05) is 6.07 Å². The highest BCUT2D eigenvalue weighted by Gasteiger charge is 2.34. The average Bonchev–Trinajstić information content (AvgIpc) is 2.86. The highest BCUT2D eigenvalue weighted by molar-refractivity contribution is 5.69. The molecule has 1 unspecified atom stereocenters. The fourth-order valence-corrected chi connectivity index (χ4v) is 3.68. The van der Waals surface area contributed by atoms with Gasteiger partial charge in [0.25, 0.3) is 0 Å². The molecule has 1 aromatic rings. The lowest BCUT2D eigenvalue weighted by atomic mass is 9.80. The maximum atomic E-state index is 5.49. The Labute approximate surface area is 115 Å². The first-order valence-corrected chi connectivity index (χ1v) is 7.30. The summed E-state index contributed by atoms with van der Waals surface area (Å²) in [5.74, 6) is 2.48. The quantitative estimate of drug-likeness (QED) is 0.885. The summed E-state index contributed by atoms with van der Waals surface area (Å²) in [6.07, 6.45) is 2.64. The summed E-state index contributed by atoms with van der Waals surface area (Å²) in [4.78, 5) is 2.44. The predicted octanol–water partition coefficient (Wildman–Crippen LogP) is 2.85. The second-order valence-corrected chi connectivity index (χ2v) is 6.00. The van der Waals surface area contributed by atoms with Crippen LogP contribution in [0.15, 0.2) is 12.1 Å². The minimum absolute atomic E-state index is 0.666. The third-order valence-electron chi connectivity index (χ3n) is 4.85. The van der Waals surface area contributed by atoms with E-state index in [1.807, 2.05) is 0 Å². The summed E-state index contributed by atoms with van der Waals surface area (Å²) in [5, 5.41) is 3.58. The number of nitrogens with one attached hydrogen (secondary N) is 1. The zero-order valence-electron chi connectivity index (χ0n) is 12.2. The van der Waals surface area contributed by atoms with Crippen molar-refractivity contribution in [3.05, 3.63) is 23.3 Å². The largest absolute Gasteiger partial charge is 0.495 e. The zero-order chi connectivity index (χ0) is 13.4. The smallest absolute Gasteiger partial charge is 0.142 e. The molecule has 3 rings (SSSR count). The first-order valence-electron chi connectivity index (χ1n) is 7.30. The van der Waals surface area contributed by atoms with E-state index in [1.54, 1.807) is 7.11 Å². The maximum absolute atomic E-state index is 5.49. The van der Waals surface area contributed by atoms with Crippen LogP contribution < -0.4 is 10.1 Å². The molecule has 1 N–H and O–H groups in total. The van der Waals surface area contributed by atoms with Crippen LogP contribution in [-0.2, 0) is 0 Å². The lowest BCUT2D eigenvalue weighted by Crippen LogP contribution is -2.33. The van der Waals surface area contributed by atoms with Crippen LogP contribution in [0.1, 0.15) is 29.9 Å². The number of rotatable bonds is 2. The van der Waals surface area contributed by atoms with Gasteiger partial charge in [0.2, 0.25) is 0 Å². The summed E-state index contributed by atoms with van der Waals surface area (Å²) in [6.45, 7) is 5.77. The van der Waals surface area contributed by atoms with Crippen LogP contribution in [0.3, 0.4) is 0 Å². The molecule has 1 aromatic carbocycles. The molecule has 2 aliphatic rings. The van der Waals surface area contributed by atoms with Crippen molar-refractivity contribution in [3.8, 4) is 5.75 Å². The Balaban J connectivity index is 1.89. The third-order valence-corrected chi connectivity index (χ3v) is 4.85. The van der Waals surface area contributed by atoms with Crippen molar-refractivity contribution in [2.24, 2.45) is 5.92 Å². The SMILES string of the molecule is COc1ccc(C)c2c1NCC2C1CCN(C)CC1. The number of nitrogens with zero attached hydrogens (tertiary/aromatic N) is 1. The van der Waals surface area contributed by atoms with Gasteiger partial charge >= 0.3 is 0 Å². The number of aryl methyl sites for hydroxylation is 1. The van der Waals surface area contributed by atoms with Crippen LogP contribution in [0.2, 0.25) is 0 Å². The Morgan fingerprint density at radius 3 is 2.68 bits per heavy atom. The number of likely N-dealkylation sites (tertiary alicyclic amines) is 1. The van der Waals surface area contributed by atoms with Gasteiger partial charge in [0.05, 0.1) is 12.8 Å². The lowest BCUT2D eigenvalue weighted by Gasteiger charge is -2.33. The normalized spacial score (nSPS) is 24.1. The van der Waals surface area contributed by atoms with Crippen LogP contribution in [-0.4, -0.2) is 38.7 Å². The van der Waals surface area contributed by atoms with E-state index >= 15 is 0 Å². The average molecular weight is 260 g/mol. The summed E-state index contributed by atoms with van der Waals surface area (Å²) < 4.78 is 5.49. The van der Waals surface area contributed by atoms with E-state index in [4.69, 9.17) is 4.74 Å². The molecule has 0 aromatic heterocycles. The number of anilines is 1. The summed E-state index contributed by atoms with van der Waals surface area (Å²) in [6, 6.07) is 4.28. The number of hydrogen-bond acceptors (Lipinski definition) is 3. The number of benzene rings is 1. The topological polar surface area (TPSA) is 24.5 Å². The first kappa shape index (κ1) is 12.8. The summed E-state index contributed by atoms with van der Waals surface area (Å²) >= 11 is 0. The zero-order valence-corrected chi connectivity index (χ0v) is 12.2. The van der Waals surface area contributed by atoms with E-state index in [0.717, 1.165) is 18.2 Å². The fourth-order valence-electron chi connectivity index (χ4n) is 3.68. The van der Waals surface area contributed by atoms with Crippen molar-refractivity contribution in [1.29, 1.82) is 0 Å². The van der Waals surface area contributed by atoms with Crippen LogP contribution in [0.4, 0.5) is 5.69 Å². The fraction of sp³-hybridized carbons (Fsp3) is 0.625. The molecule has 3 heteroatoms. The van der Waals surface area contributed by atoms with Gasteiger partial charge in [0.1, 0.15) is 5.75 Å². The molecule has 0 aliphatic carbocycles. The second-order valence-electron chi connectivity index (χ2n) is 6.00. The van der Waals surface area contributed by atoms with Crippen molar-refractivity contribution in [2.75, 3.05) is 39.1 Å². The molecule has 2 heterocycles. The monoisotopic (exact) mass is 260 g/mol. The van der Waals surface area contributed by atoms with Crippen molar-refractivity contribution in [3.63, 3.8) is 0 Å². The number of piperidine rings is 1. The van der Waals surface area contributed by atoms with Gasteiger partial charge in [-0.15, -0.1) is 0 Å². The van der Waals surface area contributed by atoms with E-state index in [-0.39, 0.29) is 0 Å². The summed E-state index contributed by atoms with van der Waals surface area (Å²) in [5.41, 5.74) is 4.16. The molecule has 0 radical (unpaired) electrons. The number of fused-ring (bicyclic) bond motifs is 1. The molecule has 3 nitrogen and oxygen atoms in total. The van der Waals surface area contributed by atoms with Crippen LogP contribution >= 0.6 is 0 Å². The van der Waals surface area contributed by atoms with Gasteiger partial charge in [-0.05, 0) is 63.0 Å². The van der Waals surface area contributed by atoms with Gasteiger partial charge in [-0.25, -0.2) is 0 Å². The van der Waals surface area contributed by atoms with Gasteiger partial charge in [0, 0.05) is 12.5 Å². The van der Waals surface area contributed by atoms with Gasteiger partial charge in [-0.3, -0.25) is 0 Å². The Morgan fingerprint density at radius 1 is 1.26 bits per heavy atom. The van der Waals surface area contributed by atoms with E-state index < -0.39 is 0 Å². The molecular weight excluding hydrogens is 236 g/mol. The van der Waals surface area contributed by atoms with Crippen molar-refractivity contribution in [2.45, 2.75) is 25.7 Å². The van der Waals surface area contributed by atoms with Crippen molar-refractivity contribution in [1.82, 2.24) is 4.90 Å². The molecule has 1 atom stereocenters. The molecule has 1 saturated heterocycles. The van der Waals surface area contributed by atoms with Crippen molar-refractivity contribution >= 4 is 5.69 Å². The van der Waals surface area contributed by atoms with E-state index in [2.05, 4.69) is 36.3 Å². The van der Waals surface area contributed by atoms with Crippen LogP contribution in [0.5, 0.6) is 5.75 Å². The molecule has 0 bridgehead atoms. The lowest BCUT2D eigenvalue weighted by molar-refractivity contribution is 0.202. The minimum Gasteiger partial charge on any atom is -0.495 e. The molecule has 2 aliphatic heterocycles. The van der Waals surface area contributed by atoms with Crippen LogP contribution in [0, 0.1) is 12.8 Å². The number of ether oxygens (including phenoxy) is 1. The van der Waals surface area contributed by atoms with E-state index in [9.17, 15) is 0 Å². The summed E-state index contributed by atoms with van der Waals surface area (Å²) in [7, 11) is 3.99. The number of hydrogen-bond donors (Lipinski definition) is 1. The molecule has 19 heavy (non-hydrogen) atoms. The number of methoxy groups -OCH3 is 1. The second kappa shape index (κ2) is 5.04. The Morgan fingerprint density at radius 2 is 2.00 bits per heavy atom. The first-order chi connectivity index (χ1) is 9.20. The van der Waals surface area contributed by atoms with E-state index in [1.165, 1.54) is 42.7 Å². The molecule has 0 saturated carbocycles. The Bertz CT molecular complexity index is 464. The maximum Gasteiger partial charge on any atom is 0.142 e. The highest BCUT2D eigenvalue weighted by Crippen LogP contribution is 2.45. The molecule has 104 valence electrons. The molecule has 1 fully saturated rings. The molecular formula is C16H24N2O. The van der Waals surface area contributed by atoms with E-state index in [0.29, 0.717) is 5.92 Å². The molecule has 0 spiro atoms. The predicted molar refractivity (Wildman–Crippen MR) is 79.2 cm³/mol. The van der Waals surface area contributed by atoms with Crippen molar-refractivity contribution < 1.29 is 4.74 Å². The Hall–Kier alpha value is -1.22. The standard InChI is InChI=1S/C16H24N2O/c1-11-4-5-14(19-3)16-15(11)13(10-17-16)12-6-8-18(2)9-7-12/h4-5,12-13,17H,6-10H2,1-3H3. The van der Waals surface area contributed by atoms with Gasteiger partial charge in [-0.2, -0.15) is 0 Å². The van der Waals surface area contributed by atoms with Gasteiger partial charge in [0.15, 0.2) is 0 Å². The Kier molecular flexibility index (Phi) is 3.40. The third kappa shape index (κ3) is 2.20. The highest BCUT2D eigenvalue weighted by atomic mass is 16.5. The van der Waals surface area contributed by atoms with Crippen LogP contribution in [0.25, 0.3) is 0 Å². The van der Waals surface area contributed by atoms with Gasteiger partial charge < -0.3 is 15.0 Å². The molecule has 0 amide bonds.